The number of rotatable bonds is 7. The van der Waals surface area contributed by atoms with Crippen molar-refractivity contribution in [1.29, 1.82) is 0 Å². The zero-order chi connectivity index (χ0) is 22.8. The van der Waals surface area contributed by atoms with Crippen LogP contribution in [0.4, 0.5) is 5.69 Å². The van der Waals surface area contributed by atoms with Crippen molar-refractivity contribution < 1.29 is 13.9 Å². The van der Waals surface area contributed by atoms with Crippen LogP contribution in [-0.2, 0) is 0 Å². The average molecular weight is 437 g/mol. The van der Waals surface area contributed by atoms with Crippen molar-refractivity contribution in [3.8, 4) is 5.75 Å². The second kappa shape index (κ2) is 8.81. The fraction of sp³-hybridized carbons (Fsp3) is 0.107. The van der Waals surface area contributed by atoms with E-state index >= 15 is 0 Å². The van der Waals surface area contributed by atoms with Gasteiger partial charge in [-0.2, -0.15) is 0 Å². The molecule has 4 aromatic carbocycles. The molecule has 0 aliphatic rings. The molecule has 164 valence electrons. The number of nitrogens with two attached hydrogens (primary N) is 1. The first-order valence-corrected chi connectivity index (χ1v) is 10.9. The van der Waals surface area contributed by atoms with Gasteiger partial charge in [-0.25, -0.2) is 0 Å². The quantitative estimate of drug-likeness (QED) is 0.232. The predicted molar refractivity (Wildman–Crippen MR) is 132 cm³/mol. The summed E-state index contributed by atoms with van der Waals surface area (Å²) in [5.74, 6) is 0.730. The number of carbonyl (C=O) groups is 1. The predicted octanol–water partition coefficient (Wildman–Crippen LogP) is 6.29. The van der Waals surface area contributed by atoms with Gasteiger partial charge in [-0.1, -0.05) is 54.6 Å². The van der Waals surface area contributed by atoms with Gasteiger partial charge in [0.2, 0.25) is 5.78 Å². The van der Waals surface area contributed by atoms with Gasteiger partial charge in [-0.3, -0.25) is 4.79 Å². The molecule has 0 fully saturated rings. The molecule has 1 atom stereocenters. The third kappa shape index (κ3) is 3.95. The number of fused-ring (bicyclic) bond motifs is 2. The van der Waals surface area contributed by atoms with Crippen LogP contribution in [0.3, 0.4) is 0 Å². The SMILES string of the molecule is CCOc1ccc(C(=O)c2oc3ccccc3c2NC(N)c2cccc3ccccc23)cc1. The Labute approximate surface area is 191 Å². The Bertz CT molecular complexity index is 1430. The Morgan fingerprint density at radius 3 is 2.39 bits per heavy atom. The molecule has 5 aromatic rings. The van der Waals surface area contributed by atoms with Gasteiger partial charge in [0.05, 0.1) is 12.3 Å². The lowest BCUT2D eigenvalue weighted by atomic mass is 10.0. The largest absolute Gasteiger partial charge is 0.494 e. The molecule has 0 spiro atoms. The average Bonchev–Trinajstić information content (AvgIpc) is 3.22. The first-order chi connectivity index (χ1) is 16.2. The minimum Gasteiger partial charge on any atom is -0.494 e. The van der Waals surface area contributed by atoms with E-state index in [9.17, 15) is 4.79 Å². The van der Waals surface area contributed by atoms with Crippen LogP contribution in [0.1, 0.15) is 34.8 Å². The standard InChI is InChI=1S/C28H24N2O3/c1-2-32-20-16-14-19(15-17-20)26(31)27-25(23-11-5-6-13-24(23)33-27)30-28(29)22-12-7-9-18-8-3-4-10-21(18)22/h3-17,28,30H,2,29H2,1H3. The summed E-state index contributed by atoms with van der Waals surface area (Å²) in [6.45, 7) is 2.49. The molecule has 1 unspecified atom stereocenters. The van der Waals surface area contributed by atoms with E-state index in [4.69, 9.17) is 14.9 Å². The van der Waals surface area contributed by atoms with Crippen molar-refractivity contribution in [3.05, 3.63) is 108 Å². The minimum absolute atomic E-state index is 0.220. The lowest BCUT2D eigenvalue weighted by molar-refractivity contribution is 0.101. The van der Waals surface area contributed by atoms with Crippen LogP contribution in [0.15, 0.2) is 95.4 Å². The van der Waals surface area contributed by atoms with Gasteiger partial charge in [-0.15, -0.1) is 0 Å². The number of para-hydroxylation sites is 1. The molecule has 1 heterocycles. The van der Waals surface area contributed by atoms with E-state index in [2.05, 4.69) is 17.4 Å². The third-order valence-corrected chi connectivity index (χ3v) is 5.69. The number of carbonyl (C=O) groups excluding carboxylic acids is 1. The Hall–Kier alpha value is -4.09. The fourth-order valence-corrected chi connectivity index (χ4v) is 4.10. The van der Waals surface area contributed by atoms with Crippen molar-refractivity contribution in [2.24, 2.45) is 5.73 Å². The van der Waals surface area contributed by atoms with Crippen LogP contribution < -0.4 is 15.8 Å². The Kier molecular flexibility index (Phi) is 5.55. The van der Waals surface area contributed by atoms with Gasteiger partial charge in [0.1, 0.15) is 17.5 Å². The maximum Gasteiger partial charge on any atom is 0.230 e. The van der Waals surface area contributed by atoms with Crippen molar-refractivity contribution in [3.63, 3.8) is 0 Å². The van der Waals surface area contributed by atoms with Gasteiger partial charge >= 0.3 is 0 Å². The highest BCUT2D eigenvalue weighted by Crippen LogP contribution is 2.35. The molecule has 3 N–H and O–H groups in total. The molecular weight excluding hydrogens is 412 g/mol. The molecule has 5 rings (SSSR count). The van der Waals surface area contributed by atoms with Crippen LogP contribution in [0.5, 0.6) is 5.75 Å². The van der Waals surface area contributed by atoms with Crippen molar-refractivity contribution in [2.45, 2.75) is 13.1 Å². The number of hydrogen-bond donors (Lipinski definition) is 2. The minimum atomic E-state index is -0.538. The summed E-state index contributed by atoms with van der Waals surface area (Å²) in [5.41, 5.74) is 9.29. The molecular formula is C28H24N2O3. The number of ketones is 1. The van der Waals surface area contributed by atoms with E-state index in [1.807, 2.05) is 61.5 Å². The van der Waals surface area contributed by atoms with E-state index in [1.54, 1.807) is 24.3 Å². The lowest BCUT2D eigenvalue weighted by Gasteiger charge is -2.18. The molecule has 0 saturated carbocycles. The molecule has 0 amide bonds. The first kappa shape index (κ1) is 20.8. The van der Waals surface area contributed by atoms with E-state index < -0.39 is 6.17 Å². The molecule has 0 radical (unpaired) electrons. The fourth-order valence-electron chi connectivity index (χ4n) is 4.10. The third-order valence-electron chi connectivity index (χ3n) is 5.69. The maximum absolute atomic E-state index is 13.4. The summed E-state index contributed by atoms with van der Waals surface area (Å²) in [6.07, 6.45) is -0.538. The van der Waals surface area contributed by atoms with Gasteiger partial charge < -0.3 is 20.2 Å². The van der Waals surface area contributed by atoms with Crippen LogP contribution in [0.25, 0.3) is 21.7 Å². The summed E-state index contributed by atoms with van der Waals surface area (Å²) in [6, 6.07) is 28.8. The van der Waals surface area contributed by atoms with E-state index in [0.29, 0.717) is 23.4 Å². The molecule has 0 aliphatic heterocycles. The monoisotopic (exact) mass is 436 g/mol. The zero-order valence-electron chi connectivity index (χ0n) is 18.2. The maximum atomic E-state index is 13.4. The van der Waals surface area contributed by atoms with Crippen LogP contribution in [0, 0.1) is 0 Å². The van der Waals surface area contributed by atoms with Gasteiger partial charge in [0.15, 0.2) is 5.76 Å². The summed E-state index contributed by atoms with van der Waals surface area (Å²) >= 11 is 0. The van der Waals surface area contributed by atoms with Crippen LogP contribution in [0.2, 0.25) is 0 Å². The molecule has 5 heteroatoms. The zero-order valence-corrected chi connectivity index (χ0v) is 18.2. The van der Waals surface area contributed by atoms with Crippen molar-refractivity contribution in [2.75, 3.05) is 11.9 Å². The molecule has 33 heavy (non-hydrogen) atoms. The molecule has 0 bridgehead atoms. The smallest absolute Gasteiger partial charge is 0.230 e. The topological polar surface area (TPSA) is 77.5 Å². The second-order valence-electron chi connectivity index (χ2n) is 7.78. The molecule has 1 aromatic heterocycles. The number of hydrogen-bond acceptors (Lipinski definition) is 5. The lowest BCUT2D eigenvalue weighted by Crippen LogP contribution is -2.21. The van der Waals surface area contributed by atoms with E-state index in [0.717, 1.165) is 27.5 Å². The number of furan rings is 1. The van der Waals surface area contributed by atoms with Crippen LogP contribution in [-0.4, -0.2) is 12.4 Å². The van der Waals surface area contributed by atoms with Gasteiger partial charge in [0.25, 0.3) is 0 Å². The summed E-state index contributed by atoms with van der Waals surface area (Å²) in [4.78, 5) is 13.4. The van der Waals surface area contributed by atoms with Gasteiger partial charge in [-0.05, 0) is 59.7 Å². The number of benzene rings is 4. The second-order valence-corrected chi connectivity index (χ2v) is 7.78. The number of nitrogens with one attached hydrogen (secondary N) is 1. The van der Waals surface area contributed by atoms with Gasteiger partial charge in [0, 0.05) is 10.9 Å². The number of anilines is 1. The number of ether oxygens (including phenoxy) is 1. The van der Waals surface area contributed by atoms with Crippen molar-refractivity contribution >= 4 is 33.2 Å². The molecule has 0 saturated heterocycles. The van der Waals surface area contributed by atoms with Crippen molar-refractivity contribution in [1.82, 2.24) is 0 Å². The van der Waals surface area contributed by atoms with Crippen LogP contribution >= 0.6 is 0 Å². The molecule has 0 aliphatic carbocycles. The highest BCUT2D eigenvalue weighted by molar-refractivity contribution is 6.15. The normalized spacial score (nSPS) is 12.1. The Morgan fingerprint density at radius 1 is 0.909 bits per heavy atom. The Balaban J connectivity index is 1.55. The molecule has 5 nitrogen and oxygen atoms in total. The summed E-state index contributed by atoms with van der Waals surface area (Å²) < 4.78 is 11.5. The first-order valence-electron chi connectivity index (χ1n) is 10.9. The Morgan fingerprint density at radius 2 is 1.61 bits per heavy atom. The van der Waals surface area contributed by atoms with E-state index in [-0.39, 0.29) is 11.5 Å². The summed E-state index contributed by atoms with van der Waals surface area (Å²) in [5, 5.41) is 6.34. The summed E-state index contributed by atoms with van der Waals surface area (Å²) in [7, 11) is 0. The highest BCUT2D eigenvalue weighted by atomic mass is 16.5. The highest BCUT2D eigenvalue weighted by Gasteiger charge is 2.24. The van der Waals surface area contributed by atoms with E-state index in [1.165, 1.54) is 0 Å².